The van der Waals surface area contributed by atoms with Crippen LogP contribution in [0.1, 0.15) is 58.8 Å². The van der Waals surface area contributed by atoms with Crippen LogP contribution in [0.2, 0.25) is 0 Å². The monoisotopic (exact) mass is 169 g/mol. The van der Waals surface area contributed by atoms with Gasteiger partial charge in [0.25, 0.3) is 0 Å². The van der Waals surface area contributed by atoms with E-state index in [1.54, 1.807) is 0 Å². The first-order valence-corrected chi connectivity index (χ1v) is 5.42. The van der Waals surface area contributed by atoms with Crippen LogP contribution in [0, 0.1) is 5.41 Å². The van der Waals surface area contributed by atoms with Gasteiger partial charge >= 0.3 is 0 Å². The van der Waals surface area contributed by atoms with Crippen molar-refractivity contribution < 1.29 is 0 Å². The number of hydrogen-bond acceptors (Lipinski definition) is 1. The highest BCUT2D eigenvalue weighted by molar-refractivity contribution is 4.87. The molecule has 1 heteroatoms. The fourth-order valence-corrected chi connectivity index (χ4v) is 2.40. The molecule has 1 aliphatic rings. The minimum Gasteiger partial charge on any atom is -0.328 e. The first-order valence-electron chi connectivity index (χ1n) is 5.42. The summed E-state index contributed by atoms with van der Waals surface area (Å²) >= 11 is 0. The van der Waals surface area contributed by atoms with Gasteiger partial charge in [-0.2, -0.15) is 0 Å². The normalized spacial score (nSPS) is 35.8. The van der Waals surface area contributed by atoms with Crippen LogP contribution in [-0.2, 0) is 0 Å². The summed E-state index contributed by atoms with van der Waals surface area (Å²) in [5, 5.41) is 0. The summed E-state index contributed by atoms with van der Waals surface area (Å²) in [6.45, 7) is 4.68. The van der Waals surface area contributed by atoms with Crippen LogP contribution in [0.25, 0.3) is 0 Å². The highest BCUT2D eigenvalue weighted by Gasteiger charge is 2.32. The van der Waals surface area contributed by atoms with Crippen LogP contribution in [0.3, 0.4) is 0 Å². The molecule has 2 atom stereocenters. The van der Waals surface area contributed by atoms with Crippen molar-refractivity contribution in [1.29, 1.82) is 0 Å². The molecule has 0 aromatic heterocycles. The summed E-state index contributed by atoms with van der Waals surface area (Å²) in [7, 11) is 0. The van der Waals surface area contributed by atoms with E-state index in [1.807, 2.05) is 0 Å². The van der Waals surface area contributed by atoms with Crippen LogP contribution in [0.5, 0.6) is 0 Å². The Bertz CT molecular complexity index is 133. The summed E-state index contributed by atoms with van der Waals surface area (Å²) in [5.74, 6) is 0. The Kier molecular flexibility index (Phi) is 3.57. The molecule has 1 aliphatic carbocycles. The van der Waals surface area contributed by atoms with Crippen LogP contribution >= 0.6 is 0 Å². The van der Waals surface area contributed by atoms with E-state index in [2.05, 4.69) is 13.8 Å². The van der Waals surface area contributed by atoms with Crippen molar-refractivity contribution in [3.05, 3.63) is 0 Å². The molecule has 1 fully saturated rings. The topological polar surface area (TPSA) is 26.0 Å². The molecule has 12 heavy (non-hydrogen) atoms. The van der Waals surface area contributed by atoms with Gasteiger partial charge in [0.1, 0.15) is 0 Å². The molecule has 0 aromatic rings. The maximum atomic E-state index is 5.91. The summed E-state index contributed by atoms with van der Waals surface area (Å²) in [4.78, 5) is 0. The largest absolute Gasteiger partial charge is 0.328 e. The van der Waals surface area contributed by atoms with Crippen molar-refractivity contribution in [2.75, 3.05) is 0 Å². The quantitative estimate of drug-likeness (QED) is 0.643. The Morgan fingerprint density at radius 1 is 1.42 bits per heavy atom. The molecular weight excluding hydrogens is 146 g/mol. The van der Waals surface area contributed by atoms with Crippen molar-refractivity contribution in [1.82, 2.24) is 0 Å². The third kappa shape index (κ3) is 2.78. The van der Waals surface area contributed by atoms with E-state index in [0.717, 1.165) is 0 Å². The SMILES string of the molecule is CCCCCC1(C)CCC(N)C1. The molecule has 0 saturated heterocycles. The fraction of sp³-hybridized carbons (Fsp3) is 1.00. The fourth-order valence-electron chi connectivity index (χ4n) is 2.40. The second-order valence-electron chi connectivity index (χ2n) is 4.77. The van der Waals surface area contributed by atoms with Gasteiger partial charge in [0, 0.05) is 6.04 Å². The van der Waals surface area contributed by atoms with Crippen molar-refractivity contribution in [2.24, 2.45) is 11.1 Å². The molecule has 0 aromatic carbocycles. The third-order valence-electron chi connectivity index (χ3n) is 3.26. The van der Waals surface area contributed by atoms with Gasteiger partial charge in [0.2, 0.25) is 0 Å². The van der Waals surface area contributed by atoms with E-state index in [-0.39, 0.29) is 0 Å². The van der Waals surface area contributed by atoms with Crippen molar-refractivity contribution in [3.8, 4) is 0 Å². The Balaban J connectivity index is 2.21. The van der Waals surface area contributed by atoms with E-state index in [4.69, 9.17) is 5.73 Å². The Hall–Kier alpha value is -0.0400. The van der Waals surface area contributed by atoms with Crippen molar-refractivity contribution in [2.45, 2.75) is 64.8 Å². The van der Waals surface area contributed by atoms with Crippen LogP contribution in [0.15, 0.2) is 0 Å². The second-order valence-corrected chi connectivity index (χ2v) is 4.77. The average molecular weight is 169 g/mol. The first kappa shape index (κ1) is 10.0. The highest BCUT2D eigenvalue weighted by atomic mass is 14.7. The summed E-state index contributed by atoms with van der Waals surface area (Å²) in [6, 6.07) is 0.497. The van der Waals surface area contributed by atoms with Gasteiger partial charge in [0.15, 0.2) is 0 Å². The van der Waals surface area contributed by atoms with Gasteiger partial charge in [0.05, 0.1) is 0 Å². The van der Waals surface area contributed by atoms with Crippen LogP contribution < -0.4 is 5.73 Å². The third-order valence-corrected chi connectivity index (χ3v) is 3.26. The molecule has 1 rings (SSSR count). The molecule has 0 spiro atoms. The van der Waals surface area contributed by atoms with E-state index in [9.17, 15) is 0 Å². The molecule has 0 heterocycles. The highest BCUT2D eigenvalue weighted by Crippen LogP contribution is 2.41. The standard InChI is InChI=1S/C11H23N/c1-3-4-5-7-11(2)8-6-10(12)9-11/h10H,3-9,12H2,1-2H3. The van der Waals surface area contributed by atoms with Gasteiger partial charge in [-0.15, -0.1) is 0 Å². The summed E-state index contributed by atoms with van der Waals surface area (Å²) in [5.41, 5.74) is 6.51. The maximum Gasteiger partial charge on any atom is 0.00442 e. The maximum absolute atomic E-state index is 5.91. The second kappa shape index (κ2) is 4.27. The molecular formula is C11H23N. The molecule has 72 valence electrons. The minimum absolute atomic E-state index is 0.497. The Morgan fingerprint density at radius 3 is 2.67 bits per heavy atom. The summed E-state index contributed by atoms with van der Waals surface area (Å²) in [6.07, 6.45) is 9.40. The van der Waals surface area contributed by atoms with Crippen LogP contribution in [-0.4, -0.2) is 6.04 Å². The molecule has 2 N–H and O–H groups in total. The Labute approximate surface area is 76.7 Å². The lowest BCUT2D eigenvalue weighted by atomic mass is 9.83. The van der Waals surface area contributed by atoms with Crippen molar-refractivity contribution in [3.63, 3.8) is 0 Å². The lowest BCUT2D eigenvalue weighted by Crippen LogP contribution is -2.19. The molecule has 0 bridgehead atoms. The van der Waals surface area contributed by atoms with Crippen molar-refractivity contribution >= 4 is 0 Å². The van der Waals surface area contributed by atoms with Gasteiger partial charge in [-0.3, -0.25) is 0 Å². The molecule has 1 nitrogen and oxygen atoms in total. The average Bonchev–Trinajstić information content (AvgIpc) is 2.32. The minimum atomic E-state index is 0.497. The number of unbranched alkanes of at least 4 members (excludes halogenated alkanes) is 2. The van der Waals surface area contributed by atoms with Gasteiger partial charge in [-0.25, -0.2) is 0 Å². The van der Waals surface area contributed by atoms with Crippen LogP contribution in [0.4, 0.5) is 0 Å². The van der Waals surface area contributed by atoms with E-state index in [0.29, 0.717) is 11.5 Å². The first-order chi connectivity index (χ1) is 5.66. The number of rotatable bonds is 4. The predicted octanol–water partition coefficient (Wildman–Crippen LogP) is 3.08. The molecule has 1 saturated carbocycles. The zero-order chi connectivity index (χ0) is 9.03. The van der Waals surface area contributed by atoms with E-state index in [1.165, 1.54) is 44.9 Å². The molecule has 0 radical (unpaired) electrons. The molecule has 0 amide bonds. The number of hydrogen-bond donors (Lipinski definition) is 1. The molecule has 0 aliphatic heterocycles. The Morgan fingerprint density at radius 2 is 2.17 bits per heavy atom. The van der Waals surface area contributed by atoms with Gasteiger partial charge in [-0.1, -0.05) is 33.1 Å². The predicted molar refractivity (Wildman–Crippen MR) is 54.1 cm³/mol. The van der Waals surface area contributed by atoms with E-state index >= 15 is 0 Å². The molecule has 2 unspecified atom stereocenters. The van der Waals surface area contributed by atoms with E-state index < -0.39 is 0 Å². The number of nitrogens with two attached hydrogens (primary N) is 1. The smallest absolute Gasteiger partial charge is 0.00442 e. The zero-order valence-corrected chi connectivity index (χ0v) is 8.60. The zero-order valence-electron chi connectivity index (χ0n) is 8.60. The lowest BCUT2D eigenvalue weighted by molar-refractivity contribution is 0.292. The van der Waals surface area contributed by atoms with Gasteiger partial charge < -0.3 is 5.73 Å². The summed E-state index contributed by atoms with van der Waals surface area (Å²) < 4.78 is 0. The lowest BCUT2D eigenvalue weighted by Gasteiger charge is -2.23. The van der Waals surface area contributed by atoms with Gasteiger partial charge in [-0.05, 0) is 31.1 Å².